The van der Waals surface area contributed by atoms with E-state index in [0.29, 0.717) is 0 Å². The van der Waals surface area contributed by atoms with Crippen LogP contribution in [0.3, 0.4) is 0 Å². The summed E-state index contributed by atoms with van der Waals surface area (Å²) in [7, 11) is 0. The van der Waals surface area contributed by atoms with Gasteiger partial charge >= 0.3 is 5.97 Å². The largest absolute Gasteiger partial charge is 0.481 e. The van der Waals surface area contributed by atoms with E-state index in [2.05, 4.69) is 4.98 Å². The van der Waals surface area contributed by atoms with Crippen molar-refractivity contribution in [3.05, 3.63) is 48.5 Å². The van der Waals surface area contributed by atoms with Crippen LogP contribution in [0.15, 0.2) is 43.0 Å². The molecule has 1 aromatic carbocycles. The molecule has 4 nitrogen and oxygen atoms in total. The van der Waals surface area contributed by atoms with Gasteiger partial charge in [-0.05, 0) is 30.5 Å². The summed E-state index contributed by atoms with van der Waals surface area (Å²) in [5, 5.41) is 9.68. The Morgan fingerprint density at radius 2 is 1.85 bits per heavy atom. The average molecular weight is 270 g/mol. The average Bonchev–Trinajstić information content (AvgIpc) is 3.02. The molecule has 1 aliphatic rings. The lowest BCUT2D eigenvalue weighted by molar-refractivity contribution is -0.145. The first kappa shape index (κ1) is 12.9. The minimum absolute atomic E-state index is 0.687. The Morgan fingerprint density at radius 3 is 2.40 bits per heavy atom. The molecule has 1 N–H and O–H groups in total. The summed E-state index contributed by atoms with van der Waals surface area (Å²) < 4.78 is 1.91. The molecule has 0 spiro atoms. The lowest BCUT2D eigenvalue weighted by Gasteiger charge is -2.33. The van der Waals surface area contributed by atoms with Crippen molar-refractivity contribution in [2.75, 3.05) is 0 Å². The third-order valence-electron chi connectivity index (χ3n) is 4.34. The molecule has 0 bridgehead atoms. The number of rotatable bonds is 3. The van der Waals surface area contributed by atoms with Gasteiger partial charge in [-0.15, -0.1) is 0 Å². The minimum atomic E-state index is -0.689. The van der Waals surface area contributed by atoms with E-state index in [1.165, 1.54) is 0 Å². The molecule has 1 heterocycles. The molecule has 1 aliphatic carbocycles. The number of aromatic nitrogens is 2. The van der Waals surface area contributed by atoms with Crippen molar-refractivity contribution in [2.24, 2.45) is 0 Å². The van der Waals surface area contributed by atoms with Crippen molar-refractivity contribution in [2.45, 2.75) is 37.5 Å². The fourth-order valence-electron chi connectivity index (χ4n) is 3.15. The Labute approximate surface area is 118 Å². The summed E-state index contributed by atoms with van der Waals surface area (Å²) in [4.78, 5) is 15.8. The van der Waals surface area contributed by atoms with Gasteiger partial charge in [-0.3, -0.25) is 4.79 Å². The van der Waals surface area contributed by atoms with Gasteiger partial charge in [-0.25, -0.2) is 4.98 Å². The van der Waals surface area contributed by atoms with Gasteiger partial charge in [0.05, 0.1) is 11.7 Å². The Morgan fingerprint density at radius 1 is 1.15 bits per heavy atom. The smallest absolute Gasteiger partial charge is 0.314 e. The number of carboxylic acids is 1. The highest BCUT2D eigenvalue weighted by molar-refractivity contribution is 5.81. The number of carbonyl (C=O) groups is 1. The highest BCUT2D eigenvalue weighted by atomic mass is 16.4. The number of nitrogens with zero attached hydrogens (tertiary/aromatic N) is 2. The number of imidazole rings is 1. The number of aliphatic carboxylic acids is 1. The molecule has 104 valence electrons. The Bertz CT molecular complexity index is 581. The summed E-state index contributed by atoms with van der Waals surface area (Å²) in [6.07, 6.45) is 9.96. The third kappa shape index (κ3) is 2.11. The van der Waals surface area contributed by atoms with E-state index in [1.807, 2.05) is 35.0 Å². The molecule has 20 heavy (non-hydrogen) atoms. The standard InChI is InChI=1S/C16H18N2O2/c19-15(20)16(8-2-1-3-9-16)13-4-6-14(7-5-13)18-11-10-17-12-18/h4-7,10-12H,1-3,8-9H2,(H,19,20). The van der Waals surface area contributed by atoms with Gasteiger partial charge in [-0.1, -0.05) is 31.4 Å². The molecule has 0 saturated heterocycles. The van der Waals surface area contributed by atoms with Crippen LogP contribution in [0, 0.1) is 0 Å². The fraction of sp³-hybridized carbons (Fsp3) is 0.375. The summed E-state index contributed by atoms with van der Waals surface area (Å²) in [6, 6.07) is 7.84. The Hall–Kier alpha value is -2.10. The molecular weight excluding hydrogens is 252 g/mol. The van der Waals surface area contributed by atoms with Gasteiger partial charge in [0.1, 0.15) is 0 Å². The zero-order valence-corrected chi connectivity index (χ0v) is 11.3. The maximum absolute atomic E-state index is 11.8. The number of benzene rings is 1. The molecule has 4 heteroatoms. The summed E-state index contributed by atoms with van der Waals surface area (Å²) in [6.45, 7) is 0. The predicted octanol–water partition coefficient (Wildman–Crippen LogP) is 3.16. The van der Waals surface area contributed by atoms with Crippen molar-refractivity contribution >= 4 is 5.97 Å². The summed E-state index contributed by atoms with van der Waals surface area (Å²) in [5.74, 6) is -0.687. The topological polar surface area (TPSA) is 55.1 Å². The van der Waals surface area contributed by atoms with Gasteiger partial charge in [0.25, 0.3) is 0 Å². The fourth-order valence-corrected chi connectivity index (χ4v) is 3.15. The van der Waals surface area contributed by atoms with Crippen molar-refractivity contribution in [3.63, 3.8) is 0 Å². The van der Waals surface area contributed by atoms with Crippen LogP contribution in [0.1, 0.15) is 37.7 Å². The first-order chi connectivity index (χ1) is 9.72. The van der Waals surface area contributed by atoms with Crippen LogP contribution in [-0.4, -0.2) is 20.6 Å². The molecular formula is C16H18N2O2. The van der Waals surface area contributed by atoms with E-state index in [1.54, 1.807) is 12.5 Å². The van der Waals surface area contributed by atoms with Crippen molar-refractivity contribution in [1.82, 2.24) is 9.55 Å². The molecule has 0 atom stereocenters. The molecule has 0 radical (unpaired) electrons. The van der Waals surface area contributed by atoms with Gasteiger partial charge < -0.3 is 9.67 Å². The lowest BCUT2D eigenvalue weighted by atomic mass is 9.69. The van der Waals surface area contributed by atoms with Crippen molar-refractivity contribution in [1.29, 1.82) is 0 Å². The van der Waals surface area contributed by atoms with Crippen LogP contribution in [-0.2, 0) is 10.2 Å². The Balaban J connectivity index is 1.94. The van der Waals surface area contributed by atoms with E-state index >= 15 is 0 Å². The van der Waals surface area contributed by atoms with Crippen LogP contribution >= 0.6 is 0 Å². The first-order valence-corrected chi connectivity index (χ1v) is 7.05. The zero-order chi connectivity index (χ0) is 14.0. The normalized spacial score (nSPS) is 17.8. The van der Waals surface area contributed by atoms with Crippen LogP contribution in [0.2, 0.25) is 0 Å². The molecule has 1 saturated carbocycles. The maximum Gasteiger partial charge on any atom is 0.314 e. The van der Waals surface area contributed by atoms with Crippen LogP contribution < -0.4 is 0 Å². The SMILES string of the molecule is O=C(O)C1(c2ccc(-n3ccnc3)cc2)CCCCC1. The van der Waals surface area contributed by atoms with Gasteiger partial charge in [0, 0.05) is 18.1 Å². The second kappa shape index (κ2) is 5.12. The van der Waals surface area contributed by atoms with Crippen LogP contribution in [0.25, 0.3) is 5.69 Å². The predicted molar refractivity (Wildman–Crippen MR) is 76.0 cm³/mol. The third-order valence-corrected chi connectivity index (χ3v) is 4.34. The highest BCUT2D eigenvalue weighted by Crippen LogP contribution is 2.39. The van der Waals surface area contributed by atoms with Crippen molar-refractivity contribution in [3.8, 4) is 5.69 Å². The maximum atomic E-state index is 11.8. The van der Waals surface area contributed by atoms with E-state index in [0.717, 1.165) is 43.4 Å². The first-order valence-electron chi connectivity index (χ1n) is 7.05. The molecule has 0 amide bonds. The summed E-state index contributed by atoms with van der Waals surface area (Å²) >= 11 is 0. The number of carboxylic acid groups (broad SMARTS) is 1. The van der Waals surface area contributed by atoms with Gasteiger partial charge in [0.2, 0.25) is 0 Å². The second-order valence-corrected chi connectivity index (χ2v) is 5.46. The monoisotopic (exact) mass is 270 g/mol. The minimum Gasteiger partial charge on any atom is -0.481 e. The molecule has 0 unspecified atom stereocenters. The highest BCUT2D eigenvalue weighted by Gasteiger charge is 2.41. The Kier molecular flexibility index (Phi) is 3.30. The lowest BCUT2D eigenvalue weighted by Crippen LogP contribution is -2.37. The molecule has 2 aromatic rings. The van der Waals surface area contributed by atoms with Gasteiger partial charge in [-0.2, -0.15) is 0 Å². The quantitative estimate of drug-likeness (QED) is 0.932. The molecule has 1 aromatic heterocycles. The van der Waals surface area contributed by atoms with E-state index < -0.39 is 11.4 Å². The van der Waals surface area contributed by atoms with Crippen LogP contribution in [0.5, 0.6) is 0 Å². The van der Waals surface area contributed by atoms with Crippen molar-refractivity contribution < 1.29 is 9.90 Å². The van der Waals surface area contributed by atoms with E-state index in [9.17, 15) is 9.90 Å². The van der Waals surface area contributed by atoms with Gasteiger partial charge in [0.15, 0.2) is 0 Å². The molecule has 1 fully saturated rings. The zero-order valence-electron chi connectivity index (χ0n) is 11.3. The van der Waals surface area contributed by atoms with Crippen LogP contribution in [0.4, 0.5) is 0 Å². The number of hydrogen-bond donors (Lipinski definition) is 1. The number of hydrogen-bond acceptors (Lipinski definition) is 2. The van der Waals surface area contributed by atoms with E-state index in [4.69, 9.17) is 0 Å². The second-order valence-electron chi connectivity index (χ2n) is 5.46. The molecule has 3 rings (SSSR count). The van der Waals surface area contributed by atoms with E-state index in [-0.39, 0.29) is 0 Å². The summed E-state index contributed by atoms with van der Waals surface area (Å²) in [5.41, 5.74) is 1.24. The molecule has 0 aliphatic heterocycles.